The first-order chi connectivity index (χ1) is 14.7. The van der Waals surface area contributed by atoms with Gasteiger partial charge < -0.3 is 4.90 Å². The van der Waals surface area contributed by atoms with Gasteiger partial charge in [-0.1, -0.05) is 6.07 Å². The Morgan fingerprint density at radius 3 is 2.52 bits per heavy atom. The second-order valence-corrected chi connectivity index (χ2v) is 10.8. The monoisotopic (exact) mass is 440 g/mol. The van der Waals surface area contributed by atoms with Gasteiger partial charge in [0, 0.05) is 49.4 Å². The quantitative estimate of drug-likeness (QED) is 0.606. The van der Waals surface area contributed by atoms with Crippen LogP contribution < -0.4 is 5.56 Å². The number of piperidine rings is 1. The van der Waals surface area contributed by atoms with Crippen LogP contribution in [0.2, 0.25) is 0 Å². The zero-order chi connectivity index (χ0) is 22.2. The van der Waals surface area contributed by atoms with Gasteiger partial charge in [-0.15, -0.1) is 0 Å². The van der Waals surface area contributed by atoms with E-state index in [1.54, 1.807) is 23.3 Å². The fraction of sp³-hybridized carbons (Fsp3) is 0.435. The van der Waals surface area contributed by atoms with Gasteiger partial charge in [0.15, 0.2) is 9.84 Å². The molecule has 4 rings (SSSR count). The van der Waals surface area contributed by atoms with Gasteiger partial charge in [0.1, 0.15) is 0 Å². The highest BCUT2D eigenvalue weighted by Gasteiger charge is 2.23. The summed E-state index contributed by atoms with van der Waals surface area (Å²) in [5, 5.41) is 0.569. The van der Waals surface area contributed by atoms with E-state index in [2.05, 4.69) is 28.7 Å². The molecule has 0 spiro atoms. The third kappa shape index (κ3) is 4.85. The molecule has 1 aliphatic heterocycles. The van der Waals surface area contributed by atoms with Crippen LogP contribution in [0.1, 0.15) is 38.3 Å². The Hall–Kier alpha value is -2.58. The Kier molecular flexibility index (Phi) is 5.94. The Bertz CT molecular complexity index is 1260. The number of benzene rings is 1. The van der Waals surface area contributed by atoms with E-state index in [0.29, 0.717) is 22.5 Å². The predicted molar refractivity (Wildman–Crippen MR) is 123 cm³/mol. The number of nitrogens with zero attached hydrogens (tertiary/aromatic N) is 4. The second kappa shape index (κ2) is 8.51. The summed E-state index contributed by atoms with van der Waals surface area (Å²) in [4.78, 5) is 24.4. The molecule has 3 heterocycles. The van der Waals surface area contributed by atoms with Crippen molar-refractivity contribution in [1.82, 2.24) is 19.4 Å². The van der Waals surface area contributed by atoms with E-state index in [9.17, 15) is 13.2 Å². The Morgan fingerprint density at radius 2 is 1.84 bits per heavy atom. The van der Waals surface area contributed by atoms with Crippen LogP contribution in [0, 0.1) is 0 Å². The van der Waals surface area contributed by atoms with Gasteiger partial charge in [-0.3, -0.25) is 14.3 Å². The van der Waals surface area contributed by atoms with Crippen LogP contribution in [-0.4, -0.2) is 53.2 Å². The van der Waals surface area contributed by atoms with Gasteiger partial charge in [0.25, 0.3) is 5.56 Å². The lowest BCUT2D eigenvalue weighted by molar-refractivity contribution is 0.150. The number of pyridine rings is 1. The molecule has 7 nitrogen and oxygen atoms in total. The second-order valence-electron chi connectivity index (χ2n) is 8.70. The van der Waals surface area contributed by atoms with E-state index >= 15 is 0 Å². The summed E-state index contributed by atoms with van der Waals surface area (Å²) < 4.78 is 25.0. The molecule has 2 aromatic heterocycles. The molecule has 0 radical (unpaired) electrons. The topological polar surface area (TPSA) is 85.2 Å². The molecule has 1 fully saturated rings. The van der Waals surface area contributed by atoms with Crippen molar-refractivity contribution in [2.24, 2.45) is 0 Å². The first-order valence-corrected chi connectivity index (χ1v) is 12.6. The van der Waals surface area contributed by atoms with Gasteiger partial charge >= 0.3 is 0 Å². The standard InChI is InChI=1S/C23H28N4O3S/c1-16(2)26-8-6-20(7-9-26)27-15-25-22-5-4-18(11-21(22)23(27)28)19-10-17(12-24-13-19)14-31(3,29)30/h4-5,10-13,15-16,20H,6-9,14H2,1-3H3. The minimum absolute atomic E-state index is 0.0323. The number of likely N-dealkylation sites (tertiary alicyclic amines) is 1. The Labute approximate surface area is 182 Å². The van der Waals surface area contributed by atoms with Crippen LogP contribution >= 0.6 is 0 Å². The molecular weight excluding hydrogens is 412 g/mol. The number of sulfone groups is 1. The zero-order valence-electron chi connectivity index (χ0n) is 18.2. The van der Waals surface area contributed by atoms with Crippen molar-refractivity contribution < 1.29 is 8.42 Å². The molecule has 0 amide bonds. The summed E-state index contributed by atoms with van der Waals surface area (Å²) in [6.07, 6.45) is 7.99. The van der Waals surface area contributed by atoms with Gasteiger partial charge in [-0.2, -0.15) is 0 Å². The molecule has 8 heteroatoms. The molecular formula is C23H28N4O3S. The summed E-state index contributed by atoms with van der Waals surface area (Å²) in [6, 6.07) is 8.05. The maximum atomic E-state index is 13.3. The highest BCUT2D eigenvalue weighted by Crippen LogP contribution is 2.25. The number of hydrogen-bond acceptors (Lipinski definition) is 6. The normalized spacial score (nSPS) is 16.3. The molecule has 3 aromatic rings. The number of hydrogen-bond donors (Lipinski definition) is 0. The van der Waals surface area contributed by atoms with Crippen molar-refractivity contribution in [3.63, 3.8) is 0 Å². The number of aromatic nitrogens is 3. The van der Waals surface area contributed by atoms with E-state index in [0.717, 1.165) is 37.1 Å². The lowest BCUT2D eigenvalue weighted by atomic mass is 10.0. The van der Waals surface area contributed by atoms with Gasteiger partial charge in [0.05, 0.1) is 23.0 Å². The third-order valence-electron chi connectivity index (χ3n) is 5.96. The predicted octanol–water partition coefficient (Wildman–Crippen LogP) is 3.05. The first-order valence-electron chi connectivity index (χ1n) is 10.6. The van der Waals surface area contributed by atoms with Crippen LogP contribution in [0.5, 0.6) is 0 Å². The van der Waals surface area contributed by atoms with E-state index < -0.39 is 9.84 Å². The lowest BCUT2D eigenvalue weighted by Crippen LogP contribution is -2.40. The largest absolute Gasteiger partial charge is 0.301 e. The van der Waals surface area contributed by atoms with Crippen molar-refractivity contribution >= 4 is 20.7 Å². The molecule has 0 bridgehead atoms. The van der Waals surface area contributed by atoms with E-state index in [1.807, 2.05) is 24.3 Å². The molecule has 0 N–H and O–H groups in total. The fourth-order valence-corrected chi connectivity index (χ4v) is 5.05. The molecule has 1 aliphatic rings. The van der Waals surface area contributed by atoms with Crippen LogP contribution in [0.3, 0.4) is 0 Å². The van der Waals surface area contributed by atoms with E-state index in [4.69, 9.17) is 0 Å². The van der Waals surface area contributed by atoms with Crippen molar-refractivity contribution in [3.05, 3.63) is 58.9 Å². The molecule has 0 saturated carbocycles. The van der Waals surface area contributed by atoms with Crippen LogP contribution in [0.4, 0.5) is 0 Å². The van der Waals surface area contributed by atoms with Gasteiger partial charge in [0.2, 0.25) is 0 Å². The lowest BCUT2D eigenvalue weighted by Gasteiger charge is -2.35. The van der Waals surface area contributed by atoms with Crippen molar-refractivity contribution in [1.29, 1.82) is 0 Å². The van der Waals surface area contributed by atoms with Gasteiger partial charge in [-0.05, 0) is 56.0 Å². The minimum atomic E-state index is -3.15. The number of fused-ring (bicyclic) bond motifs is 1. The molecule has 1 aromatic carbocycles. The van der Waals surface area contributed by atoms with Crippen molar-refractivity contribution in [2.75, 3.05) is 19.3 Å². The number of rotatable bonds is 5. The first kappa shape index (κ1) is 21.6. The molecule has 31 heavy (non-hydrogen) atoms. The molecule has 0 aliphatic carbocycles. The van der Waals surface area contributed by atoms with Crippen LogP contribution in [0.15, 0.2) is 47.8 Å². The maximum absolute atomic E-state index is 13.3. The Morgan fingerprint density at radius 1 is 1.10 bits per heavy atom. The zero-order valence-corrected chi connectivity index (χ0v) is 19.0. The summed E-state index contributed by atoms with van der Waals surface area (Å²) in [5.74, 6) is -0.0646. The van der Waals surface area contributed by atoms with Crippen molar-refractivity contribution in [3.8, 4) is 11.1 Å². The van der Waals surface area contributed by atoms with Crippen LogP contribution in [-0.2, 0) is 15.6 Å². The molecule has 164 valence electrons. The Balaban J connectivity index is 1.67. The minimum Gasteiger partial charge on any atom is -0.301 e. The molecule has 0 atom stereocenters. The summed E-state index contributed by atoms with van der Waals surface area (Å²) in [7, 11) is -3.15. The third-order valence-corrected chi connectivity index (χ3v) is 6.82. The van der Waals surface area contributed by atoms with Crippen LogP contribution in [0.25, 0.3) is 22.0 Å². The maximum Gasteiger partial charge on any atom is 0.261 e. The SMILES string of the molecule is CC(C)N1CCC(n2cnc3ccc(-c4cncc(CS(C)(=O)=O)c4)cc3c2=O)CC1. The smallest absolute Gasteiger partial charge is 0.261 e. The molecule has 1 saturated heterocycles. The van der Waals surface area contributed by atoms with E-state index in [-0.39, 0.29) is 17.4 Å². The van der Waals surface area contributed by atoms with Crippen molar-refractivity contribution in [2.45, 2.75) is 44.5 Å². The highest BCUT2D eigenvalue weighted by molar-refractivity contribution is 7.89. The average molecular weight is 441 g/mol. The highest BCUT2D eigenvalue weighted by atomic mass is 32.2. The molecule has 0 unspecified atom stereocenters. The average Bonchev–Trinajstić information content (AvgIpc) is 2.73. The van der Waals surface area contributed by atoms with E-state index in [1.165, 1.54) is 6.26 Å². The summed E-state index contributed by atoms with van der Waals surface area (Å²) in [6.45, 7) is 6.36. The van der Waals surface area contributed by atoms with Gasteiger partial charge in [-0.25, -0.2) is 13.4 Å². The summed E-state index contributed by atoms with van der Waals surface area (Å²) in [5.41, 5.74) is 2.85. The fourth-order valence-electron chi connectivity index (χ4n) is 4.28. The summed E-state index contributed by atoms with van der Waals surface area (Å²) >= 11 is 0.